The Balaban J connectivity index is 1.81. The van der Waals surface area contributed by atoms with E-state index in [1.165, 1.54) is 0 Å². The quantitative estimate of drug-likeness (QED) is 0.795. The number of rotatable bonds is 3. The summed E-state index contributed by atoms with van der Waals surface area (Å²) in [5.41, 5.74) is 0.132. The molecule has 0 atom stereocenters. The third-order valence-corrected chi connectivity index (χ3v) is 4.43. The van der Waals surface area contributed by atoms with Gasteiger partial charge in [0, 0.05) is 17.3 Å². The predicted octanol–water partition coefficient (Wildman–Crippen LogP) is 3.79. The van der Waals surface area contributed by atoms with E-state index in [0.29, 0.717) is 10.7 Å². The van der Waals surface area contributed by atoms with Crippen LogP contribution in [0.1, 0.15) is 39.5 Å². The highest BCUT2D eigenvalue weighted by Gasteiger charge is 2.36. The lowest BCUT2D eigenvalue weighted by Crippen LogP contribution is -2.47. The van der Waals surface area contributed by atoms with Gasteiger partial charge in [0.1, 0.15) is 0 Å². The number of carbonyl (C=O) groups excluding carboxylic acids is 1. The molecule has 0 spiro atoms. The molecule has 2 rings (SSSR count). The number of benzene rings is 1. The molecule has 0 aromatic heterocycles. The van der Waals surface area contributed by atoms with Gasteiger partial charge in [-0.3, -0.25) is 0 Å². The van der Waals surface area contributed by atoms with Crippen LogP contribution >= 0.6 is 11.6 Å². The summed E-state index contributed by atoms with van der Waals surface area (Å²) in [4.78, 5) is 11.9. The number of anilines is 1. The fraction of sp³-hybridized carbons (Fsp3) is 0.562. The molecular formula is C16H23ClN2O2. The Bertz CT molecular complexity index is 507. The first-order chi connectivity index (χ1) is 9.78. The van der Waals surface area contributed by atoms with Gasteiger partial charge < -0.3 is 15.7 Å². The molecule has 0 saturated heterocycles. The molecule has 2 amide bonds. The molecule has 0 unspecified atom stereocenters. The summed E-state index contributed by atoms with van der Waals surface area (Å²) in [5, 5.41) is 16.5. The van der Waals surface area contributed by atoms with Crippen LogP contribution in [-0.2, 0) is 0 Å². The second kappa shape index (κ2) is 6.24. The summed E-state index contributed by atoms with van der Waals surface area (Å²) in [7, 11) is 0. The first-order valence-corrected chi connectivity index (χ1v) is 7.69. The summed E-state index contributed by atoms with van der Waals surface area (Å²) >= 11 is 5.86. The summed E-state index contributed by atoms with van der Waals surface area (Å²) in [6.07, 6.45) is 3.39. The molecule has 1 fully saturated rings. The zero-order valence-corrected chi connectivity index (χ0v) is 13.3. The number of hydrogen-bond donors (Lipinski definition) is 3. The van der Waals surface area contributed by atoms with E-state index >= 15 is 0 Å². The van der Waals surface area contributed by atoms with Crippen LogP contribution in [0.4, 0.5) is 10.5 Å². The number of aliphatic hydroxyl groups is 1. The van der Waals surface area contributed by atoms with Gasteiger partial charge in [-0.2, -0.15) is 0 Å². The number of nitrogens with one attached hydrogen (secondary N) is 2. The van der Waals surface area contributed by atoms with Crippen LogP contribution < -0.4 is 10.6 Å². The van der Waals surface area contributed by atoms with E-state index in [1.54, 1.807) is 24.3 Å². The third kappa shape index (κ3) is 4.90. The van der Waals surface area contributed by atoms with Crippen LogP contribution in [-0.4, -0.2) is 23.3 Å². The lowest BCUT2D eigenvalue weighted by molar-refractivity contribution is -0.0220. The van der Waals surface area contributed by atoms with E-state index in [0.717, 1.165) is 25.7 Å². The molecule has 0 bridgehead atoms. The van der Waals surface area contributed by atoms with Crippen molar-refractivity contribution >= 4 is 23.3 Å². The smallest absolute Gasteiger partial charge is 0.319 e. The van der Waals surface area contributed by atoms with Crippen LogP contribution in [0.15, 0.2) is 24.3 Å². The molecule has 1 aliphatic rings. The van der Waals surface area contributed by atoms with Gasteiger partial charge in [0.25, 0.3) is 0 Å². The van der Waals surface area contributed by atoms with Crippen LogP contribution in [0.25, 0.3) is 0 Å². The van der Waals surface area contributed by atoms with Crippen molar-refractivity contribution < 1.29 is 9.90 Å². The van der Waals surface area contributed by atoms with Crippen molar-refractivity contribution in [3.05, 3.63) is 29.3 Å². The van der Waals surface area contributed by atoms with Crippen LogP contribution in [0, 0.1) is 5.41 Å². The second-order valence-electron chi connectivity index (χ2n) is 6.71. The van der Waals surface area contributed by atoms with Crippen molar-refractivity contribution in [1.29, 1.82) is 0 Å². The Morgan fingerprint density at radius 1 is 1.29 bits per heavy atom. The highest BCUT2D eigenvalue weighted by Crippen LogP contribution is 2.39. The molecule has 0 radical (unpaired) electrons. The molecule has 1 aromatic carbocycles. The van der Waals surface area contributed by atoms with Gasteiger partial charge in [0.2, 0.25) is 0 Å². The zero-order chi connectivity index (χ0) is 15.5. The highest BCUT2D eigenvalue weighted by molar-refractivity contribution is 6.30. The standard InChI is InChI=1S/C16H23ClN2O2/c1-15(2)6-8-16(21,9-7-15)11-18-14(20)19-13-5-3-4-12(17)10-13/h3-5,10,21H,6-9,11H2,1-2H3,(H2,18,19,20). The van der Waals surface area contributed by atoms with E-state index in [9.17, 15) is 9.90 Å². The van der Waals surface area contributed by atoms with Crippen LogP contribution in [0.2, 0.25) is 5.02 Å². The average molecular weight is 311 g/mol. The number of halogens is 1. The Kier molecular flexibility index (Phi) is 4.79. The minimum absolute atomic E-state index is 0.273. The fourth-order valence-corrected chi connectivity index (χ4v) is 2.75. The van der Waals surface area contributed by atoms with Gasteiger partial charge in [-0.15, -0.1) is 0 Å². The van der Waals surface area contributed by atoms with Crippen molar-refractivity contribution in [2.75, 3.05) is 11.9 Å². The molecule has 21 heavy (non-hydrogen) atoms. The van der Waals surface area contributed by atoms with Gasteiger partial charge in [-0.1, -0.05) is 31.5 Å². The first kappa shape index (κ1) is 16.1. The van der Waals surface area contributed by atoms with Gasteiger partial charge in [-0.25, -0.2) is 4.79 Å². The summed E-state index contributed by atoms with van der Waals surface area (Å²) in [5.74, 6) is 0. The fourth-order valence-electron chi connectivity index (χ4n) is 2.56. The number of hydrogen-bond acceptors (Lipinski definition) is 2. The lowest BCUT2D eigenvalue weighted by Gasteiger charge is -2.40. The normalized spacial score (nSPS) is 19.8. The van der Waals surface area contributed by atoms with Gasteiger partial charge in [-0.05, 0) is 49.3 Å². The molecule has 3 N–H and O–H groups in total. The molecule has 0 aliphatic heterocycles. The maximum Gasteiger partial charge on any atom is 0.319 e. The van der Waals surface area contributed by atoms with Gasteiger partial charge >= 0.3 is 6.03 Å². The highest BCUT2D eigenvalue weighted by atomic mass is 35.5. The van der Waals surface area contributed by atoms with Crippen LogP contribution in [0.3, 0.4) is 0 Å². The van der Waals surface area contributed by atoms with Crippen molar-refractivity contribution in [3.8, 4) is 0 Å². The minimum atomic E-state index is -0.790. The molecule has 1 aromatic rings. The first-order valence-electron chi connectivity index (χ1n) is 7.31. The van der Waals surface area contributed by atoms with Crippen molar-refractivity contribution in [2.24, 2.45) is 5.41 Å². The molecule has 1 aliphatic carbocycles. The van der Waals surface area contributed by atoms with Crippen molar-refractivity contribution in [2.45, 2.75) is 45.1 Å². The Labute approximate surface area is 130 Å². The maximum absolute atomic E-state index is 11.9. The summed E-state index contributed by atoms with van der Waals surface area (Å²) in [6, 6.07) is 6.64. The topological polar surface area (TPSA) is 61.4 Å². The van der Waals surface area contributed by atoms with E-state index in [2.05, 4.69) is 24.5 Å². The number of urea groups is 1. The van der Waals surface area contributed by atoms with Crippen molar-refractivity contribution in [1.82, 2.24) is 5.32 Å². The van der Waals surface area contributed by atoms with E-state index in [-0.39, 0.29) is 18.0 Å². The van der Waals surface area contributed by atoms with Gasteiger partial charge in [0.05, 0.1) is 5.60 Å². The maximum atomic E-state index is 11.9. The number of amides is 2. The average Bonchev–Trinajstić information content (AvgIpc) is 2.41. The molecule has 5 heteroatoms. The predicted molar refractivity (Wildman–Crippen MR) is 85.7 cm³/mol. The molecule has 116 valence electrons. The number of carbonyl (C=O) groups is 1. The van der Waals surface area contributed by atoms with E-state index in [1.807, 2.05) is 0 Å². The third-order valence-electron chi connectivity index (χ3n) is 4.19. The Morgan fingerprint density at radius 3 is 2.57 bits per heavy atom. The largest absolute Gasteiger partial charge is 0.388 e. The molecular weight excluding hydrogens is 288 g/mol. The Hall–Kier alpha value is -1.26. The lowest BCUT2D eigenvalue weighted by atomic mass is 9.71. The summed E-state index contributed by atoms with van der Waals surface area (Å²) in [6.45, 7) is 4.70. The molecule has 0 heterocycles. The zero-order valence-electron chi connectivity index (χ0n) is 12.6. The van der Waals surface area contributed by atoms with Crippen molar-refractivity contribution in [3.63, 3.8) is 0 Å². The minimum Gasteiger partial charge on any atom is -0.388 e. The SMILES string of the molecule is CC1(C)CCC(O)(CNC(=O)Nc2cccc(Cl)c2)CC1. The van der Waals surface area contributed by atoms with Gasteiger partial charge in [0.15, 0.2) is 0 Å². The van der Waals surface area contributed by atoms with E-state index in [4.69, 9.17) is 11.6 Å². The molecule has 1 saturated carbocycles. The summed E-state index contributed by atoms with van der Waals surface area (Å²) < 4.78 is 0. The molecule has 4 nitrogen and oxygen atoms in total. The monoisotopic (exact) mass is 310 g/mol. The Morgan fingerprint density at radius 2 is 1.95 bits per heavy atom. The van der Waals surface area contributed by atoms with Crippen LogP contribution in [0.5, 0.6) is 0 Å². The second-order valence-corrected chi connectivity index (χ2v) is 7.14. The van der Waals surface area contributed by atoms with E-state index < -0.39 is 5.60 Å².